The Bertz CT molecular complexity index is 963. The average molecular weight is 432 g/mol. The lowest BCUT2D eigenvalue weighted by Gasteiger charge is -2.16. The van der Waals surface area contributed by atoms with Crippen LogP contribution in [0.5, 0.6) is 0 Å². The number of methoxy groups -OCH3 is 1. The molecule has 0 fully saturated rings. The quantitative estimate of drug-likeness (QED) is 0.711. The van der Waals surface area contributed by atoms with Crippen LogP contribution in [-0.4, -0.2) is 38.3 Å². The van der Waals surface area contributed by atoms with Crippen LogP contribution in [0.3, 0.4) is 0 Å². The zero-order valence-electron chi connectivity index (χ0n) is 17.1. The van der Waals surface area contributed by atoms with Crippen molar-refractivity contribution in [3.8, 4) is 0 Å². The lowest BCUT2D eigenvalue weighted by atomic mass is 9.99. The molecule has 0 radical (unpaired) electrons. The monoisotopic (exact) mass is 431 g/mol. The van der Waals surface area contributed by atoms with Gasteiger partial charge in [0.05, 0.1) is 19.3 Å². The Labute approximate surface area is 178 Å². The number of urea groups is 1. The van der Waals surface area contributed by atoms with Crippen LogP contribution < -0.4 is 11.1 Å². The van der Waals surface area contributed by atoms with E-state index in [1.807, 2.05) is 0 Å². The third-order valence-electron chi connectivity index (χ3n) is 5.87. The Balaban J connectivity index is 1.55. The zero-order valence-corrected chi connectivity index (χ0v) is 17.9. The zero-order chi connectivity index (χ0) is 21.1. The number of nitrogens with zero attached hydrogens (tertiary/aromatic N) is 2. The van der Waals surface area contributed by atoms with Crippen molar-refractivity contribution in [1.82, 2.24) is 0 Å². The summed E-state index contributed by atoms with van der Waals surface area (Å²) in [5, 5.41) is 2.92. The molecule has 3 N–H and O–H groups in total. The summed E-state index contributed by atoms with van der Waals surface area (Å²) < 4.78 is 27.4. The summed E-state index contributed by atoms with van der Waals surface area (Å²) in [5.74, 6) is 0.147. The van der Waals surface area contributed by atoms with E-state index in [2.05, 4.69) is 20.7 Å². The molecule has 0 spiro atoms. The predicted molar refractivity (Wildman–Crippen MR) is 116 cm³/mol. The van der Waals surface area contributed by atoms with Gasteiger partial charge in [-0.2, -0.15) is 0 Å². The van der Waals surface area contributed by atoms with Crippen molar-refractivity contribution in [2.45, 2.75) is 51.0 Å². The van der Waals surface area contributed by atoms with Crippen LogP contribution >= 0.6 is 0 Å². The standard InChI is InChI=1S/C21H27N4O4S/c1-28-15-8-9-29-20(23-12-15)18(11-22)30(27)25-21(26)24-19-16-6-2-4-13(16)10-14-5-3-7-17(14)19/h10-11,15H,2-9,12,22H2,1H3,(H,24,26)/q-1/t15-/m0/s1. The first-order valence-corrected chi connectivity index (χ1v) is 11.4. The van der Waals surface area contributed by atoms with Crippen molar-refractivity contribution in [2.75, 3.05) is 25.6 Å². The number of hydrogen-bond acceptors (Lipinski definition) is 7. The van der Waals surface area contributed by atoms with E-state index in [4.69, 9.17) is 15.2 Å². The van der Waals surface area contributed by atoms with Crippen molar-refractivity contribution in [3.05, 3.63) is 39.4 Å². The van der Waals surface area contributed by atoms with Crippen LogP contribution in [-0.2, 0) is 50.0 Å². The number of hydrogen-bond donors (Lipinski definition) is 2. The van der Waals surface area contributed by atoms with E-state index >= 15 is 0 Å². The van der Waals surface area contributed by atoms with Gasteiger partial charge in [-0.15, -0.1) is 10.6 Å². The highest BCUT2D eigenvalue weighted by Crippen LogP contribution is 2.38. The van der Waals surface area contributed by atoms with E-state index in [9.17, 15) is 9.00 Å². The molecule has 162 valence electrons. The minimum atomic E-state index is -2.02. The third kappa shape index (κ3) is 4.22. The van der Waals surface area contributed by atoms with Crippen molar-refractivity contribution in [1.29, 1.82) is 0 Å². The van der Waals surface area contributed by atoms with Gasteiger partial charge in [0.25, 0.3) is 0 Å². The fourth-order valence-corrected chi connectivity index (χ4v) is 5.06. The highest BCUT2D eigenvalue weighted by atomic mass is 32.2. The van der Waals surface area contributed by atoms with Crippen LogP contribution in [0, 0.1) is 0 Å². The smallest absolute Gasteiger partial charge is 0.322 e. The van der Waals surface area contributed by atoms with Crippen LogP contribution in [0.15, 0.2) is 26.5 Å². The molecule has 0 unspecified atom stereocenters. The minimum absolute atomic E-state index is 0.0718. The fraction of sp³-hybridized carbons (Fsp3) is 0.524. The Morgan fingerprint density at radius 1 is 1.30 bits per heavy atom. The number of amides is 2. The summed E-state index contributed by atoms with van der Waals surface area (Å²) in [6.07, 6.45) is 7.86. The molecule has 2 amide bonds. The number of fused-ring (bicyclic) bond motifs is 2. The van der Waals surface area contributed by atoms with E-state index in [0.717, 1.165) is 50.4 Å². The Kier molecular flexibility index (Phi) is 6.38. The molecule has 8 nitrogen and oxygen atoms in total. The van der Waals surface area contributed by atoms with Crippen molar-refractivity contribution < 1.29 is 18.5 Å². The largest absolute Gasteiger partial charge is 0.479 e. The molecule has 4 rings (SSSR count). The highest BCUT2D eigenvalue weighted by Gasteiger charge is 2.24. The molecule has 0 bridgehead atoms. The summed E-state index contributed by atoms with van der Waals surface area (Å²) in [4.78, 5) is 17.0. The SMILES string of the molecule is CO[C@H]1CCOC(C(=CN)[S-](=O)=NC(=O)Nc2c3c(cc4c2CCC4)CCC3)=NC1. The average Bonchev–Trinajstić information content (AvgIpc) is 3.33. The fourth-order valence-electron chi connectivity index (χ4n) is 4.38. The molecule has 0 saturated carbocycles. The van der Waals surface area contributed by atoms with Crippen molar-refractivity contribution >= 4 is 28.2 Å². The first-order chi connectivity index (χ1) is 14.6. The number of rotatable bonds is 4. The topological polar surface area (TPSA) is 115 Å². The number of nitrogens with two attached hydrogens (primary N) is 1. The van der Waals surface area contributed by atoms with E-state index in [-0.39, 0.29) is 16.9 Å². The molecule has 1 aliphatic heterocycles. The molecule has 1 atom stereocenters. The van der Waals surface area contributed by atoms with Gasteiger partial charge in [0, 0.05) is 19.2 Å². The van der Waals surface area contributed by atoms with Crippen LogP contribution in [0.2, 0.25) is 0 Å². The Morgan fingerprint density at radius 2 is 2.00 bits per heavy atom. The number of benzene rings is 1. The molecular formula is C21H27N4O4S-. The van der Waals surface area contributed by atoms with Crippen LogP contribution in [0.25, 0.3) is 0 Å². The molecule has 1 heterocycles. The summed E-state index contributed by atoms with van der Waals surface area (Å²) in [7, 11) is -0.413. The molecule has 1 aromatic rings. The first-order valence-electron chi connectivity index (χ1n) is 10.3. The van der Waals surface area contributed by atoms with Gasteiger partial charge in [0.1, 0.15) is 0 Å². The van der Waals surface area contributed by atoms with Gasteiger partial charge in [-0.25, -0.2) is 4.79 Å². The first kappa shape index (κ1) is 20.9. The molecule has 0 aromatic heterocycles. The summed E-state index contributed by atoms with van der Waals surface area (Å²) in [5.41, 5.74) is 11.5. The maximum Gasteiger partial charge on any atom is 0.322 e. The van der Waals surface area contributed by atoms with Crippen LogP contribution in [0.1, 0.15) is 41.5 Å². The molecule has 9 heteroatoms. The lowest BCUT2D eigenvalue weighted by Crippen LogP contribution is -2.14. The van der Waals surface area contributed by atoms with E-state index in [1.165, 1.54) is 22.3 Å². The molecule has 0 saturated heterocycles. The van der Waals surface area contributed by atoms with Crippen molar-refractivity contribution in [3.63, 3.8) is 0 Å². The van der Waals surface area contributed by atoms with Crippen LogP contribution in [0.4, 0.5) is 10.5 Å². The summed E-state index contributed by atoms with van der Waals surface area (Å²) in [6.45, 7) is 0.731. The molecule has 30 heavy (non-hydrogen) atoms. The molecule has 3 aliphatic rings. The normalized spacial score (nSPS) is 22.0. The maximum atomic E-state index is 12.7. The number of ether oxygens (including phenoxy) is 2. The second-order valence-electron chi connectivity index (χ2n) is 7.68. The van der Waals surface area contributed by atoms with Gasteiger partial charge < -0.3 is 29.1 Å². The second-order valence-corrected chi connectivity index (χ2v) is 8.80. The number of aryl methyl sites for hydroxylation is 2. The second kappa shape index (κ2) is 9.18. The van der Waals surface area contributed by atoms with E-state index < -0.39 is 16.6 Å². The molecule has 2 aliphatic carbocycles. The van der Waals surface area contributed by atoms with Gasteiger partial charge in [0.2, 0.25) is 0 Å². The van der Waals surface area contributed by atoms with E-state index in [1.54, 1.807) is 7.11 Å². The van der Waals surface area contributed by atoms with Gasteiger partial charge in [-0.1, -0.05) is 6.07 Å². The van der Waals surface area contributed by atoms with E-state index in [0.29, 0.717) is 19.6 Å². The minimum Gasteiger partial charge on any atom is -0.479 e. The number of nitrogens with one attached hydrogen (secondary N) is 1. The van der Waals surface area contributed by atoms with Gasteiger partial charge >= 0.3 is 6.03 Å². The number of carbonyl (C=O) groups is 1. The molecule has 1 aromatic carbocycles. The summed E-state index contributed by atoms with van der Waals surface area (Å²) in [6, 6.07) is 1.64. The lowest BCUT2D eigenvalue weighted by molar-refractivity contribution is 0.0931. The van der Waals surface area contributed by atoms with Gasteiger partial charge in [-0.05, 0) is 71.9 Å². The Hall–Kier alpha value is -2.39. The summed E-state index contributed by atoms with van der Waals surface area (Å²) >= 11 is 0. The Morgan fingerprint density at radius 3 is 2.63 bits per heavy atom. The van der Waals surface area contributed by atoms with Gasteiger partial charge in [-0.3, -0.25) is 4.99 Å². The number of aliphatic imine (C=N–C) groups is 1. The van der Waals surface area contributed by atoms with Gasteiger partial charge in [0.15, 0.2) is 5.90 Å². The van der Waals surface area contributed by atoms with Crippen molar-refractivity contribution in [2.24, 2.45) is 15.1 Å². The predicted octanol–water partition coefficient (Wildman–Crippen LogP) is 2.98. The molecular weight excluding hydrogens is 404 g/mol. The maximum absolute atomic E-state index is 12.7. The number of carbonyl (C=O) groups excluding carboxylic acids is 1. The highest BCUT2D eigenvalue weighted by molar-refractivity contribution is 7.80. The third-order valence-corrected chi connectivity index (χ3v) is 6.89. The number of anilines is 1.